The molecule has 24 heavy (non-hydrogen) atoms. The van der Waals surface area contributed by atoms with Gasteiger partial charge in [0.2, 0.25) is 5.91 Å². The largest absolute Gasteiger partial charge is 0.495 e. The molecule has 0 bridgehead atoms. The number of methoxy groups -OCH3 is 1. The van der Waals surface area contributed by atoms with Gasteiger partial charge in [-0.2, -0.15) is 0 Å². The van der Waals surface area contributed by atoms with Gasteiger partial charge in [0.05, 0.1) is 12.8 Å². The van der Waals surface area contributed by atoms with E-state index in [1.807, 2.05) is 37.3 Å². The molecular formula is C19H22N2O3. The minimum Gasteiger partial charge on any atom is -0.495 e. The molecule has 5 nitrogen and oxygen atoms in total. The van der Waals surface area contributed by atoms with E-state index in [1.165, 1.54) is 14.0 Å². The van der Waals surface area contributed by atoms with Crippen molar-refractivity contribution in [2.24, 2.45) is 0 Å². The molecule has 0 heterocycles. The van der Waals surface area contributed by atoms with Crippen LogP contribution in [0.4, 0.5) is 5.69 Å². The zero-order chi connectivity index (χ0) is 17.5. The van der Waals surface area contributed by atoms with Gasteiger partial charge in [0, 0.05) is 25.6 Å². The number of benzene rings is 2. The van der Waals surface area contributed by atoms with E-state index in [4.69, 9.17) is 4.74 Å². The minimum absolute atomic E-state index is 0.0874. The molecule has 0 aliphatic carbocycles. The van der Waals surface area contributed by atoms with Crippen LogP contribution in [0.3, 0.4) is 0 Å². The standard InChI is InChI=1S/C19H22N2O3/c1-4-21(13-15-8-6-5-7-9-15)19(23)16-10-11-18(24-3)17(12-16)20-14(2)22/h5-12H,4,13H2,1-3H3,(H,20,22). The van der Waals surface area contributed by atoms with E-state index < -0.39 is 0 Å². The quantitative estimate of drug-likeness (QED) is 0.886. The zero-order valence-corrected chi connectivity index (χ0v) is 14.2. The van der Waals surface area contributed by atoms with E-state index >= 15 is 0 Å². The third-order valence-electron chi connectivity index (χ3n) is 3.64. The summed E-state index contributed by atoms with van der Waals surface area (Å²) >= 11 is 0. The lowest BCUT2D eigenvalue weighted by Crippen LogP contribution is -2.30. The number of rotatable bonds is 6. The predicted molar refractivity (Wildman–Crippen MR) is 94.2 cm³/mol. The number of amides is 2. The van der Waals surface area contributed by atoms with E-state index in [1.54, 1.807) is 23.1 Å². The normalized spacial score (nSPS) is 10.1. The highest BCUT2D eigenvalue weighted by Crippen LogP contribution is 2.26. The lowest BCUT2D eigenvalue weighted by atomic mass is 10.1. The van der Waals surface area contributed by atoms with Crippen LogP contribution in [0.1, 0.15) is 29.8 Å². The van der Waals surface area contributed by atoms with Crippen molar-refractivity contribution in [3.8, 4) is 5.75 Å². The molecule has 5 heteroatoms. The topological polar surface area (TPSA) is 58.6 Å². The fourth-order valence-corrected chi connectivity index (χ4v) is 2.44. The van der Waals surface area contributed by atoms with Gasteiger partial charge in [-0.1, -0.05) is 30.3 Å². The Kier molecular flexibility index (Phi) is 5.95. The first-order chi connectivity index (χ1) is 11.5. The summed E-state index contributed by atoms with van der Waals surface area (Å²) in [6.07, 6.45) is 0. The number of hydrogen-bond donors (Lipinski definition) is 1. The highest BCUT2D eigenvalue weighted by molar-refractivity contribution is 5.97. The van der Waals surface area contributed by atoms with Crippen molar-refractivity contribution in [3.05, 3.63) is 59.7 Å². The van der Waals surface area contributed by atoms with Gasteiger partial charge in [-0.3, -0.25) is 9.59 Å². The molecule has 0 unspecified atom stereocenters. The van der Waals surface area contributed by atoms with Crippen LogP contribution >= 0.6 is 0 Å². The second-order valence-corrected chi connectivity index (χ2v) is 5.40. The summed E-state index contributed by atoms with van der Waals surface area (Å²) in [6, 6.07) is 14.9. The highest BCUT2D eigenvalue weighted by Gasteiger charge is 2.17. The Balaban J connectivity index is 2.25. The number of carbonyl (C=O) groups is 2. The van der Waals surface area contributed by atoms with Crippen LogP contribution in [0.15, 0.2) is 48.5 Å². The van der Waals surface area contributed by atoms with Crippen molar-refractivity contribution in [1.29, 1.82) is 0 Å². The summed E-state index contributed by atoms with van der Waals surface area (Å²) in [4.78, 5) is 25.9. The number of nitrogens with zero attached hydrogens (tertiary/aromatic N) is 1. The zero-order valence-electron chi connectivity index (χ0n) is 14.2. The Morgan fingerprint density at radius 1 is 1.12 bits per heavy atom. The first-order valence-corrected chi connectivity index (χ1v) is 7.84. The Morgan fingerprint density at radius 3 is 2.42 bits per heavy atom. The Labute approximate surface area is 142 Å². The summed E-state index contributed by atoms with van der Waals surface area (Å²) in [5.74, 6) is 0.220. The van der Waals surface area contributed by atoms with E-state index in [9.17, 15) is 9.59 Å². The van der Waals surface area contributed by atoms with Gasteiger partial charge in [-0.25, -0.2) is 0 Å². The van der Waals surface area contributed by atoms with Crippen molar-refractivity contribution < 1.29 is 14.3 Å². The van der Waals surface area contributed by atoms with Gasteiger partial charge in [0.25, 0.3) is 5.91 Å². The molecule has 2 amide bonds. The molecule has 0 aromatic heterocycles. The van der Waals surface area contributed by atoms with Crippen LogP contribution in [0.2, 0.25) is 0 Å². The van der Waals surface area contributed by atoms with Crippen molar-refractivity contribution in [2.75, 3.05) is 19.0 Å². The average Bonchev–Trinajstić information content (AvgIpc) is 2.59. The van der Waals surface area contributed by atoms with E-state index in [0.717, 1.165) is 5.56 Å². The monoisotopic (exact) mass is 326 g/mol. The lowest BCUT2D eigenvalue weighted by Gasteiger charge is -2.22. The maximum Gasteiger partial charge on any atom is 0.254 e. The van der Waals surface area contributed by atoms with Gasteiger partial charge in [0.15, 0.2) is 0 Å². The molecule has 2 aromatic rings. The van der Waals surface area contributed by atoms with E-state index in [0.29, 0.717) is 30.1 Å². The summed E-state index contributed by atoms with van der Waals surface area (Å²) in [7, 11) is 1.52. The van der Waals surface area contributed by atoms with Crippen LogP contribution in [0.25, 0.3) is 0 Å². The molecule has 2 aromatic carbocycles. The third kappa shape index (κ3) is 4.35. The van der Waals surface area contributed by atoms with E-state index in [-0.39, 0.29) is 11.8 Å². The highest BCUT2D eigenvalue weighted by atomic mass is 16.5. The molecule has 0 saturated carbocycles. The van der Waals surface area contributed by atoms with Gasteiger partial charge < -0.3 is 15.0 Å². The van der Waals surface area contributed by atoms with Gasteiger partial charge in [0.1, 0.15) is 5.75 Å². The molecule has 0 fully saturated rings. The van der Waals surface area contributed by atoms with Crippen molar-refractivity contribution in [2.45, 2.75) is 20.4 Å². The molecule has 1 N–H and O–H groups in total. The first kappa shape index (κ1) is 17.5. The minimum atomic E-state index is -0.213. The molecule has 0 radical (unpaired) electrons. The maximum absolute atomic E-state index is 12.8. The van der Waals surface area contributed by atoms with Crippen LogP contribution in [-0.2, 0) is 11.3 Å². The number of ether oxygens (including phenoxy) is 1. The molecule has 126 valence electrons. The predicted octanol–water partition coefficient (Wildman–Crippen LogP) is 3.32. The Hall–Kier alpha value is -2.82. The fourth-order valence-electron chi connectivity index (χ4n) is 2.44. The Bertz CT molecular complexity index is 714. The summed E-state index contributed by atoms with van der Waals surface area (Å²) < 4.78 is 5.22. The SMILES string of the molecule is CCN(Cc1ccccc1)C(=O)c1ccc(OC)c(NC(C)=O)c1. The third-order valence-corrected chi connectivity index (χ3v) is 3.64. The average molecular weight is 326 g/mol. The summed E-state index contributed by atoms with van der Waals surface area (Å²) in [5, 5.41) is 2.69. The van der Waals surface area contributed by atoms with Crippen LogP contribution in [0.5, 0.6) is 5.75 Å². The second kappa shape index (κ2) is 8.15. The van der Waals surface area contributed by atoms with Crippen molar-refractivity contribution in [3.63, 3.8) is 0 Å². The van der Waals surface area contributed by atoms with Gasteiger partial charge >= 0.3 is 0 Å². The van der Waals surface area contributed by atoms with Crippen LogP contribution in [0, 0.1) is 0 Å². The maximum atomic E-state index is 12.8. The first-order valence-electron chi connectivity index (χ1n) is 7.84. The molecular weight excluding hydrogens is 304 g/mol. The molecule has 0 aliphatic heterocycles. The van der Waals surface area contributed by atoms with Crippen molar-refractivity contribution >= 4 is 17.5 Å². The number of hydrogen-bond acceptors (Lipinski definition) is 3. The smallest absolute Gasteiger partial charge is 0.254 e. The second-order valence-electron chi connectivity index (χ2n) is 5.40. The molecule has 0 aliphatic rings. The lowest BCUT2D eigenvalue weighted by molar-refractivity contribution is -0.114. The van der Waals surface area contributed by atoms with Crippen LogP contribution < -0.4 is 10.1 Å². The Morgan fingerprint density at radius 2 is 1.83 bits per heavy atom. The number of nitrogens with one attached hydrogen (secondary N) is 1. The molecule has 0 atom stereocenters. The van der Waals surface area contributed by atoms with Crippen molar-refractivity contribution in [1.82, 2.24) is 4.90 Å². The van der Waals surface area contributed by atoms with Crippen LogP contribution in [-0.4, -0.2) is 30.4 Å². The number of anilines is 1. The molecule has 0 spiro atoms. The van der Waals surface area contributed by atoms with Gasteiger partial charge in [-0.15, -0.1) is 0 Å². The van der Waals surface area contributed by atoms with E-state index in [2.05, 4.69) is 5.32 Å². The molecule has 0 saturated heterocycles. The summed E-state index contributed by atoms with van der Waals surface area (Å²) in [6.45, 7) is 4.49. The molecule has 2 rings (SSSR count). The number of carbonyl (C=O) groups excluding carboxylic acids is 2. The summed E-state index contributed by atoms with van der Waals surface area (Å²) in [5.41, 5.74) is 2.08. The van der Waals surface area contributed by atoms with Gasteiger partial charge in [-0.05, 0) is 30.7 Å². The fraction of sp³-hybridized carbons (Fsp3) is 0.263.